The molecule has 6 heteroatoms. The van der Waals surface area contributed by atoms with E-state index in [9.17, 15) is 4.79 Å². The molecule has 21 heavy (non-hydrogen) atoms. The molecule has 1 aliphatic carbocycles. The summed E-state index contributed by atoms with van der Waals surface area (Å²) in [6, 6.07) is 0.488. The van der Waals surface area contributed by atoms with Crippen molar-refractivity contribution in [1.29, 1.82) is 0 Å². The minimum Gasteiger partial charge on any atom is -0.444 e. The Labute approximate surface area is 125 Å². The van der Waals surface area contributed by atoms with Gasteiger partial charge in [-0.25, -0.2) is 4.79 Å². The summed E-state index contributed by atoms with van der Waals surface area (Å²) in [5.74, 6) is 0. The van der Waals surface area contributed by atoms with E-state index in [4.69, 9.17) is 4.74 Å². The summed E-state index contributed by atoms with van der Waals surface area (Å²) in [6.07, 6.45) is 3.86. The zero-order valence-corrected chi connectivity index (χ0v) is 13.2. The van der Waals surface area contributed by atoms with Crippen LogP contribution < -0.4 is 5.32 Å². The van der Waals surface area contributed by atoms with Gasteiger partial charge in [-0.3, -0.25) is 5.10 Å². The number of aryl methyl sites for hydroxylation is 1. The lowest BCUT2D eigenvalue weighted by atomic mass is 9.60. The van der Waals surface area contributed by atoms with Gasteiger partial charge in [-0.05, 0) is 40.5 Å². The summed E-state index contributed by atoms with van der Waals surface area (Å²) in [5.41, 5.74) is 2.05. The van der Waals surface area contributed by atoms with Crippen LogP contribution in [0.25, 0.3) is 0 Å². The second-order valence-corrected chi connectivity index (χ2v) is 7.49. The van der Waals surface area contributed by atoms with Crippen LogP contribution >= 0.6 is 0 Å². The molecule has 1 aliphatic heterocycles. The van der Waals surface area contributed by atoms with Crippen LogP contribution in [0.15, 0.2) is 6.20 Å². The minimum absolute atomic E-state index is 0.185. The first-order valence-corrected chi connectivity index (χ1v) is 7.51. The maximum atomic E-state index is 11.9. The molecular weight excluding hydrogens is 268 g/mol. The van der Waals surface area contributed by atoms with Crippen LogP contribution in [0.1, 0.15) is 39.3 Å². The van der Waals surface area contributed by atoms with Gasteiger partial charge in [0.05, 0.1) is 17.6 Å². The van der Waals surface area contributed by atoms with Crippen LogP contribution in [0.5, 0.6) is 0 Å². The van der Waals surface area contributed by atoms with E-state index in [-0.39, 0.29) is 6.09 Å². The lowest BCUT2D eigenvalue weighted by molar-refractivity contribution is -0.0738. The molecule has 3 rings (SSSR count). The number of amides is 1. The highest BCUT2D eigenvalue weighted by Gasteiger charge is 2.54. The zero-order valence-electron chi connectivity index (χ0n) is 13.2. The van der Waals surface area contributed by atoms with E-state index in [1.54, 1.807) is 0 Å². The molecule has 0 bridgehead atoms. The molecule has 1 aromatic rings. The molecule has 1 saturated heterocycles. The summed E-state index contributed by atoms with van der Waals surface area (Å²) in [4.78, 5) is 13.7. The number of rotatable bonds is 2. The lowest BCUT2D eigenvalue weighted by Gasteiger charge is -2.58. The Balaban J connectivity index is 1.44. The Hall–Kier alpha value is -1.72. The van der Waals surface area contributed by atoms with E-state index in [1.165, 1.54) is 0 Å². The largest absolute Gasteiger partial charge is 0.444 e. The third-order valence-electron chi connectivity index (χ3n) is 4.25. The van der Waals surface area contributed by atoms with Crippen LogP contribution in [0, 0.1) is 12.3 Å². The van der Waals surface area contributed by atoms with Crippen molar-refractivity contribution in [3.05, 3.63) is 11.9 Å². The fourth-order valence-corrected chi connectivity index (χ4v) is 3.28. The molecule has 0 unspecified atom stereocenters. The van der Waals surface area contributed by atoms with Gasteiger partial charge in [0.2, 0.25) is 0 Å². The van der Waals surface area contributed by atoms with Gasteiger partial charge in [0, 0.05) is 24.5 Å². The average molecular weight is 292 g/mol. The summed E-state index contributed by atoms with van der Waals surface area (Å²) in [6.45, 7) is 9.36. The standard InChI is InChI=1S/C15H24N4O2/c1-10-12(7-16-18-10)17-11-5-15(6-11)8-19(9-15)13(20)21-14(2,3)4/h7,11,17H,5-6,8-9H2,1-4H3,(H,16,18). The number of ether oxygens (including phenoxy) is 1. The van der Waals surface area contributed by atoms with E-state index in [0.717, 1.165) is 37.3 Å². The third-order valence-corrected chi connectivity index (χ3v) is 4.25. The van der Waals surface area contributed by atoms with E-state index in [2.05, 4.69) is 15.5 Å². The number of aromatic amines is 1. The molecule has 1 amide bonds. The summed E-state index contributed by atoms with van der Waals surface area (Å²) >= 11 is 0. The lowest BCUT2D eigenvalue weighted by Crippen LogP contribution is -2.66. The third kappa shape index (κ3) is 2.84. The van der Waals surface area contributed by atoms with Gasteiger partial charge < -0.3 is 15.0 Å². The first kappa shape index (κ1) is 14.2. The van der Waals surface area contributed by atoms with E-state index >= 15 is 0 Å². The van der Waals surface area contributed by atoms with Gasteiger partial charge in [-0.15, -0.1) is 0 Å². The van der Waals surface area contributed by atoms with Gasteiger partial charge in [0.15, 0.2) is 0 Å². The van der Waals surface area contributed by atoms with Gasteiger partial charge in [0.25, 0.3) is 0 Å². The molecule has 6 nitrogen and oxygen atoms in total. The highest BCUT2D eigenvalue weighted by Crippen LogP contribution is 2.49. The van der Waals surface area contributed by atoms with Crippen molar-refractivity contribution in [3.8, 4) is 0 Å². The topological polar surface area (TPSA) is 70.2 Å². The van der Waals surface area contributed by atoms with Crippen LogP contribution in [-0.4, -0.2) is 45.9 Å². The molecule has 0 atom stereocenters. The number of carbonyl (C=O) groups is 1. The second kappa shape index (κ2) is 4.64. The Morgan fingerprint density at radius 1 is 1.48 bits per heavy atom. The quantitative estimate of drug-likeness (QED) is 0.878. The molecule has 2 aliphatic rings. The van der Waals surface area contributed by atoms with Gasteiger partial charge >= 0.3 is 6.09 Å². The molecule has 116 valence electrons. The van der Waals surface area contributed by atoms with E-state index in [1.807, 2.05) is 38.8 Å². The van der Waals surface area contributed by atoms with Crippen LogP contribution in [0.4, 0.5) is 10.5 Å². The van der Waals surface area contributed by atoms with Crippen LogP contribution in [-0.2, 0) is 4.74 Å². The Morgan fingerprint density at radius 3 is 2.67 bits per heavy atom. The molecule has 2 heterocycles. The maximum Gasteiger partial charge on any atom is 0.410 e. The predicted molar refractivity (Wildman–Crippen MR) is 80.2 cm³/mol. The zero-order chi connectivity index (χ0) is 15.3. The molecule has 1 aromatic heterocycles. The highest BCUT2D eigenvalue weighted by molar-refractivity contribution is 5.69. The highest BCUT2D eigenvalue weighted by atomic mass is 16.6. The molecule has 1 saturated carbocycles. The molecule has 0 aromatic carbocycles. The molecular formula is C15H24N4O2. The Bertz CT molecular complexity index is 532. The van der Waals surface area contributed by atoms with Gasteiger partial charge in [-0.1, -0.05) is 0 Å². The number of carbonyl (C=O) groups excluding carboxylic acids is 1. The van der Waals surface area contributed by atoms with Crippen molar-refractivity contribution >= 4 is 11.8 Å². The van der Waals surface area contributed by atoms with Crippen LogP contribution in [0.2, 0.25) is 0 Å². The van der Waals surface area contributed by atoms with Crippen molar-refractivity contribution in [3.63, 3.8) is 0 Å². The van der Waals surface area contributed by atoms with Gasteiger partial charge in [-0.2, -0.15) is 5.10 Å². The van der Waals surface area contributed by atoms with Crippen molar-refractivity contribution in [1.82, 2.24) is 15.1 Å². The number of likely N-dealkylation sites (tertiary alicyclic amines) is 1. The molecule has 0 radical (unpaired) electrons. The smallest absolute Gasteiger partial charge is 0.410 e. The number of H-pyrrole nitrogens is 1. The average Bonchev–Trinajstić information content (AvgIpc) is 2.63. The first-order chi connectivity index (χ1) is 9.76. The second-order valence-electron chi connectivity index (χ2n) is 7.49. The fourth-order valence-electron chi connectivity index (χ4n) is 3.28. The van der Waals surface area contributed by atoms with E-state index < -0.39 is 5.60 Å². The summed E-state index contributed by atoms with van der Waals surface area (Å²) < 4.78 is 5.39. The monoisotopic (exact) mass is 292 g/mol. The van der Waals surface area contributed by atoms with E-state index in [0.29, 0.717) is 11.5 Å². The SMILES string of the molecule is Cc1[nH]ncc1NC1CC2(C1)CN(C(=O)OC(C)(C)C)C2. The van der Waals surface area contributed by atoms with Crippen molar-refractivity contribution in [2.45, 2.75) is 52.2 Å². The molecule has 2 fully saturated rings. The first-order valence-electron chi connectivity index (χ1n) is 7.51. The molecule has 2 N–H and O–H groups in total. The fraction of sp³-hybridized carbons (Fsp3) is 0.733. The van der Waals surface area contributed by atoms with Crippen molar-refractivity contribution in [2.75, 3.05) is 18.4 Å². The number of hydrogen-bond donors (Lipinski definition) is 2. The van der Waals surface area contributed by atoms with Crippen molar-refractivity contribution in [2.24, 2.45) is 5.41 Å². The maximum absolute atomic E-state index is 11.9. The Kier molecular flexibility index (Phi) is 3.15. The summed E-state index contributed by atoms with van der Waals surface area (Å²) in [5, 5.41) is 10.5. The minimum atomic E-state index is -0.414. The Morgan fingerprint density at radius 2 is 2.14 bits per heavy atom. The normalized spacial score (nSPS) is 20.9. The number of nitrogens with zero attached hydrogens (tertiary/aromatic N) is 2. The number of hydrogen-bond acceptors (Lipinski definition) is 4. The number of aromatic nitrogens is 2. The summed E-state index contributed by atoms with van der Waals surface area (Å²) in [7, 11) is 0. The van der Waals surface area contributed by atoms with Gasteiger partial charge in [0.1, 0.15) is 5.60 Å². The predicted octanol–water partition coefficient (Wildman–Crippen LogP) is 2.53. The number of nitrogens with one attached hydrogen (secondary N) is 2. The number of anilines is 1. The van der Waals surface area contributed by atoms with Crippen molar-refractivity contribution < 1.29 is 9.53 Å². The van der Waals surface area contributed by atoms with Crippen LogP contribution in [0.3, 0.4) is 0 Å². The molecule has 1 spiro atoms.